The Kier molecular flexibility index (Phi) is 3.47. The first-order valence-electron chi connectivity index (χ1n) is 9.70. The molecule has 0 spiro atoms. The monoisotopic (exact) mass is 371 g/mol. The van der Waals surface area contributed by atoms with Crippen LogP contribution in [0.5, 0.6) is 0 Å². The first-order chi connectivity index (χ1) is 14.4. The number of H-pyrrole nitrogens is 1. The van der Waals surface area contributed by atoms with Gasteiger partial charge in [0.15, 0.2) is 0 Å². The maximum Gasteiger partial charge on any atom is 0.114 e. The largest absolute Gasteiger partial charge is 0.352 e. The minimum absolute atomic E-state index is 0.903. The van der Waals surface area contributed by atoms with E-state index in [9.17, 15) is 0 Å². The van der Waals surface area contributed by atoms with Gasteiger partial charge in [0.25, 0.3) is 0 Å². The van der Waals surface area contributed by atoms with Gasteiger partial charge >= 0.3 is 0 Å². The molecule has 3 nitrogen and oxygen atoms in total. The summed E-state index contributed by atoms with van der Waals surface area (Å²) in [7, 11) is 0. The Bertz CT molecular complexity index is 1480. The van der Waals surface area contributed by atoms with Crippen molar-refractivity contribution in [2.45, 2.75) is 0 Å². The van der Waals surface area contributed by atoms with Crippen molar-refractivity contribution in [3.8, 4) is 22.4 Å². The summed E-state index contributed by atoms with van der Waals surface area (Å²) in [5, 5.41) is 1.12. The number of nitrogens with one attached hydrogen (secondary N) is 1. The van der Waals surface area contributed by atoms with E-state index in [1.54, 1.807) is 0 Å². The zero-order valence-corrected chi connectivity index (χ0v) is 15.6. The number of benzene rings is 4. The molecule has 0 aliphatic carbocycles. The summed E-state index contributed by atoms with van der Waals surface area (Å²) in [6, 6.07) is 33.2. The number of rotatable bonds is 2. The lowest BCUT2D eigenvalue weighted by molar-refractivity contribution is 1.39. The average molecular weight is 371 g/mol. The molecule has 0 atom stereocenters. The van der Waals surface area contributed by atoms with Crippen molar-refractivity contribution in [3.05, 3.63) is 97.1 Å². The highest BCUT2D eigenvalue weighted by atomic mass is 14.8. The summed E-state index contributed by atoms with van der Waals surface area (Å²) in [5.74, 6) is 0. The van der Waals surface area contributed by atoms with Crippen LogP contribution < -0.4 is 0 Å². The van der Waals surface area contributed by atoms with Gasteiger partial charge in [-0.15, -0.1) is 0 Å². The van der Waals surface area contributed by atoms with Crippen LogP contribution in [0.1, 0.15) is 0 Å². The van der Waals surface area contributed by atoms with Crippen LogP contribution in [0.4, 0.5) is 0 Å². The molecule has 2 heterocycles. The van der Waals surface area contributed by atoms with Crippen molar-refractivity contribution >= 4 is 33.0 Å². The fourth-order valence-corrected chi connectivity index (χ4v) is 4.05. The SMILES string of the molecule is c1ccc(-c2nc3c(ccc4[nH]c5ccccc5nc43)c2-c2ccccc2)cc1. The molecule has 0 fully saturated rings. The molecule has 0 bridgehead atoms. The van der Waals surface area contributed by atoms with Gasteiger partial charge < -0.3 is 4.98 Å². The predicted octanol–water partition coefficient (Wildman–Crippen LogP) is 6.60. The minimum atomic E-state index is 0.903. The van der Waals surface area contributed by atoms with E-state index in [0.29, 0.717) is 0 Å². The molecule has 136 valence electrons. The molecular weight excluding hydrogens is 354 g/mol. The van der Waals surface area contributed by atoms with Crippen LogP contribution in [0.25, 0.3) is 55.4 Å². The van der Waals surface area contributed by atoms with Crippen molar-refractivity contribution in [1.82, 2.24) is 15.0 Å². The lowest BCUT2D eigenvalue weighted by Gasteiger charge is -2.05. The van der Waals surface area contributed by atoms with E-state index in [2.05, 4.69) is 71.7 Å². The highest BCUT2D eigenvalue weighted by Crippen LogP contribution is 2.40. The molecule has 0 aliphatic heterocycles. The molecule has 0 aliphatic rings. The van der Waals surface area contributed by atoms with E-state index in [-0.39, 0.29) is 0 Å². The smallest absolute Gasteiger partial charge is 0.114 e. The first kappa shape index (κ1) is 16.0. The molecule has 0 saturated carbocycles. The van der Waals surface area contributed by atoms with Crippen molar-refractivity contribution in [3.63, 3.8) is 0 Å². The maximum atomic E-state index is 5.11. The lowest BCUT2D eigenvalue weighted by atomic mass is 9.98. The van der Waals surface area contributed by atoms with Gasteiger partial charge in [0.2, 0.25) is 0 Å². The summed E-state index contributed by atoms with van der Waals surface area (Å²) in [6.45, 7) is 0. The number of aromatic amines is 1. The second-order valence-corrected chi connectivity index (χ2v) is 7.18. The predicted molar refractivity (Wildman–Crippen MR) is 120 cm³/mol. The van der Waals surface area contributed by atoms with Crippen molar-refractivity contribution in [1.29, 1.82) is 0 Å². The van der Waals surface area contributed by atoms with E-state index in [0.717, 1.165) is 55.4 Å². The standard InChI is InChI=1S/C26H17N3/c1-3-9-17(10-4-1)23-19-15-16-22-26(28-21-14-8-7-13-20(21)27-22)25(19)29-24(23)18-11-5-2-6-12-18/h1-16,27H. The van der Waals surface area contributed by atoms with E-state index in [1.165, 1.54) is 0 Å². The Morgan fingerprint density at radius 1 is 0.517 bits per heavy atom. The highest BCUT2D eigenvalue weighted by Gasteiger charge is 2.18. The zero-order chi connectivity index (χ0) is 19.2. The summed E-state index contributed by atoms with van der Waals surface area (Å²) < 4.78 is 0. The Balaban J connectivity index is 1.76. The van der Waals surface area contributed by atoms with Gasteiger partial charge in [0.1, 0.15) is 5.52 Å². The number of nitrogens with zero attached hydrogens (tertiary/aromatic N) is 2. The normalized spacial score (nSPS) is 11.4. The molecule has 6 aromatic rings. The molecule has 4 aromatic carbocycles. The Morgan fingerprint density at radius 3 is 2.00 bits per heavy atom. The third-order valence-electron chi connectivity index (χ3n) is 5.40. The Hall–Kier alpha value is -3.98. The topological polar surface area (TPSA) is 41.6 Å². The second kappa shape index (κ2) is 6.28. The van der Waals surface area contributed by atoms with E-state index >= 15 is 0 Å². The molecule has 2 aromatic heterocycles. The van der Waals surface area contributed by atoms with E-state index in [1.807, 2.05) is 30.3 Å². The molecule has 1 N–H and O–H groups in total. The lowest BCUT2D eigenvalue weighted by Crippen LogP contribution is -1.88. The fraction of sp³-hybridized carbons (Fsp3) is 0. The Labute approximate surface area is 167 Å². The van der Waals surface area contributed by atoms with Crippen LogP contribution in [0, 0.1) is 0 Å². The maximum absolute atomic E-state index is 5.11. The van der Waals surface area contributed by atoms with Crippen molar-refractivity contribution < 1.29 is 0 Å². The summed E-state index contributed by atoms with van der Waals surface area (Å²) in [6.07, 6.45) is 0. The molecular formula is C26H17N3. The van der Waals surface area contributed by atoms with E-state index in [4.69, 9.17) is 9.97 Å². The van der Waals surface area contributed by atoms with E-state index < -0.39 is 0 Å². The molecule has 0 radical (unpaired) electrons. The summed E-state index contributed by atoms with van der Waals surface area (Å²) in [5.41, 5.74) is 9.22. The molecule has 6 rings (SSSR count). The molecule has 29 heavy (non-hydrogen) atoms. The third kappa shape index (κ3) is 2.52. The molecule has 0 saturated heterocycles. The summed E-state index contributed by atoms with van der Waals surface area (Å²) >= 11 is 0. The van der Waals surface area contributed by atoms with Gasteiger partial charge in [-0.3, -0.25) is 0 Å². The minimum Gasteiger partial charge on any atom is -0.352 e. The fourth-order valence-electron chi connectivity index (χ4n) is 4.05. The number of fused-ring (bicyclic) bond motifs is 4. The van der Waals surface area contributed by atoms with Gasteiger partial charge in [-0.2, -0.15) is 0 Å². The molecule has 0 unspecified atom stereocenters. The van der Waals surface area contributed by atoms with Crippen molar-refractivity contribution in [2.24, 2.45) is 0 Å². The molecule has 3 heteroatoms. The van der Waals surface area contributed by atoms with Crippen LogP contribution in [-0.4, -0.2) is 15.0 Å². The van der Waals surface area contributed by atoms with Gasteiger partial charge in [-0.25, -0.2) is 9.97 Å². The third-order valence-corrected chi connectivity index (χ3v) is 5.40. The average Bonchev–Trinajstić information content (AvgIpc) is 3.19. The van der Waals surface area contributed by atoms with Crippen LogP contribution in [0.15, 0.2) is 97.1 Å². The zero-order valence-electron chi connectivity index (χ0n) is 15.6. The number of aromatic nitrogens is 3. The van der Waals surface area contributed by atoms with Crippen LogP contribution in [-0.2, 0) is 0 Å². The van der Waals surface area contributed by atoms with Crippen molar-refractivity contribution in [2.75, 3.05) is 0 Å². The second-order valence-electron chi connectivity index (χ2n) is 7.18. The number of para-hydroxylation sites is 2. The van der Waals surface area contributed by atoms with Gasteiger partial charge in [-0.05, 0) is 29.8 Å². The van der Waals surface area contributed by atoms with Crippen LogP contribution in [0.3, 0.4) is 0 Å². The number of hydrogen-bond donors (Lipinski definition) is 1. The van der Waals surface area contributed by atoms with Crippen LogP contribution >= 0.6 is 0 Å². The van der Waals surface area contributed by atoms with Crippen LogP contribution in [0.2, 0.25) is 0 Å². The molecule has 0 amide bonds. The van der Waals surface area contributed by atoms with Gasteiger partial charge in [0.05, 0.1) is 27.8 Å². The quantitative estimate of drug-likeness (QED) is 0.348. The first-order valence-corrected chi connectivity index (χ1v) is 9.70. The highest BCUT2D eigenvalue weighted by molar-refractivity contribution is 6.13. The summed E-state index contributed by atoms with van der Waals surface area (Å²) in [4.78, 5) is 13.6. The Morgan fingerprint density at radius 2 is 1.21 bits per heavy atom. The van der Waals surface area contributed by atoms with Gasteiger partial charge in [-0.1, -0.05) is 72.8 Å². The number of hydrogen-bond acceptors (Lipinski definition) is 2. The van der Waals surface area contributed by atoms with Gasteiger partial charge in [0, 0.05) is 16.5 Å².